The number of carbonyl (C=O) groups is 4. The van der Waals surface area contributed by atoms with Gasteiger partial charge in [-0.2, -0.15) is 0 Å². The van der Waals surface area contributed by atoms with Gasteiger partial charge in [-0.15, -0.1) is 0 Å². The van der Waals surface area contributed by atoms with Crippen molar-refractivity contribution in [2.45, 2.75) is 64.3 Å². The van der Waals surface area contributed by atoms with Crippen LogP contribution in [0.5, 0.6) is 5.75 Å². The Morgan fingerprint density at radius 2 is 1.59 bits per heavy atom. The van der Waals surface area contributed by atoms with Crippen molar-refractivity contribution in [1.29, 1.82) is 0 Å². The van der Waals surface area contributed by atoms with Gasteiger partial charge in [-0.05, 0) is 41.2 Å². The van der Waals surface area contributed by atoms with E-state index in [9.17, 15) is 19.2 Å². The van der Waals surface area contributed by atoms with E-state index in [-0.39, 0.29) is 49.4 Å². The summed E-state index contributed by atoms with van der Waals surface area (Å²) < 4.78 is 11.6. The molecule has 4 N–H and O–H groups in total. The van der Waals surface area contributed by atoms with Crippen LogP contribution >= 0.6 is 0 Å². The average Bonchev–Trinajstić information content (AvgIpc) is 3.09. The zero-order valence-electron chi connectivity index (χ0n) is 28.3. The van der Waals surface area contributed by atoms with Gasteiger partial charge < -0.3 is 30.7 Å². The highest BCUT2D eigenvalue weighted by Gasteiger charge is 2.30. The second-order valence-electron chi connectivity index (χ2n) is 13.1. The summed E-state index contributed by atoms with van der Waals surface area (Å²) in [4.78, 5) is 56.9. The Bertz CT molecular complexity index is 1580. The molecular weight excluding hydrogens is 622 g/mol. The molecular formula is C38H47N5O6. The molecule has 0 radical (unpaired) electrons. The number of benzene rings is 3. The van der Waals surface area contributed by atoms with Gasteiger partial charge in [0.1, 0.15) is 24.4 Å². The van der Waals surface area contributed by atoms with Gasteiger partial charge in [-0.25, -0.2) is 0 Å². The maximum absolute atomic E-state index is 13.7. The van der Waals surface area contributed by atoms with E-state index in [1.54, 1.807) is 24.3 Å². The van der Waals surface area contributed by atoms with E-state index in [0.717, 1.165) is 36.3 Å². The van der Waals surface area contributed by atoms with Crippen molar-refractivity contribution in [3.05, 3.63) is 101 Å². The lowest BCUT2D eigenvalue weighted by Crippen LogP contribution is -2.54. The van der Waals surface area contributed by atoms with Crippen molar-refractivity contribution in [1.82, 2.24) is 26.2 Å². The van der Waals surface area contributed by atoms with Crippen LogP contribution in [0.1, 0.15) is 53.7 Å². The van der Waals surface area contributed by atoms with Crippen LogP contribution in [0.15, 0.2) is 78.9 Å². The zero-order valence-corrected chi connectivity index (χ0v) is 28.3. The van der Waals surface area contributed by atoms with Crippen molar-refractivity contribution in [3.8, 4) is 5.75 Å². The summed E-state index contributed by atoms with van der Waals surface area (Å²) in [6.07, 6.45) is 0.511. The number of para-hydroxylation sites is 1. The number of morpholine rings is 1. The minimum absolute atomic E-state index is 0.120. The Morgan fingerprint density at radius 3 is 2.37 bits per heavy atom. The van der Waals surface area contributed by atoms with E-state index in [2.05, 4.69) is 46.1 Å². The molecule has 0 spiro atoms. The fourth-order valence-corrected chi connectivity index (χ4v) is 6.12. The van der Waals surface area contributed by atoms with Gasteiger partial charge in [0.25, 0.3) is 5.91 Å². The average molecular weight is 670 g/mol. The standard InChI is InChI=1S/C38H47N5O6/c1-26(2)19-30-25-49-34-14-7-6-13-31(34)36(45)42-33(22-35(44)41-32(38(47)40-30)21-27-9-4-3-5-10-27)37(46)39-23-28-11-8-12-29(20-28)24-43-15-17-48-18-16-43/h3-14,20,26,30,32-33H,15-19,21-25H2,1-2H3,(H,39,46)(H,40,47)(H,41,44)(H,42,45)/t30-,32-,33+/m1/s1. The van der Waals surface area contributed by atoms with E-state index in [1.165, 1.54) is 0 Å². The van der Waals surface area contributed by atoms with Crippen molar-refractivity contribution in [3.63, 3.8) is 0 Å². The molecule has 3 aromatic rings. The predicted octanol–water partition coefficient (Wildman–Crippen LogP) is 2.97. The first kappa shape index (κ1) is 35.6. The molecule has 4 amide bonds. The molecule has 49 heavy (non-hydrogen) atoms. The molecule has 3 aromatic carbocycles. The molecule has 0 bridgehead atoms. The highest BCUT2D eigenvalue weighted by Crippen LogP contribution is 2.20. The Balaban J connectivity index is 1.35. The van der Waals surface area contributed by atoms with Gasteiger partial charge in [0.2, 0.25) is 17.7 Å². The lowest BCUT2D eigenvalue weighted by atomic mass is 10.0. The largest absolute Gasteiger partial charge is 0.491 e. The van der Waals surface area contributed by atoms with E-state index < -0.39 is 29.8 Å². The van der Waals surface area contributed by atoms with Crippen molar-refractivity contribution in [2.24, 2.45) is 5.92 Å². The van der Waals surface area contributed by atoms with Crippen LogP contribution in [0.2, 0.25) is 0 Å². The number of hydrogen-bond donors (Lipinski definition) is 4. The van der Waals surface area contributed by atoms with Gasteiger partial charge in [-0.1, -0.05) is 80.6 Å². The van der Waals surface area contributed by atoms with E-state index >= 15 is 0 Å². The number of rotatable bonds is 9. The predicted molar refractivity (Wildman–Crippen MR) is 186 cm³/mol. The van der Waals surface area contributed by atoms with Crippen molar-refractivity contribution in [2.75, 3.05) is 32.9 Å². The number of nitrogens with one attached hydrogen (secondary N) is 4. The molecule has 5 rings (SSSR count). The zero-order chi connectivity index (χ0) is 34.6. The monoisotopic (exact) mass is 669 g/mol. The molecule has 2 aliphatic rings. The van der Waals surface area contributed by atoms with Crippen LogP contribution in [0.4, 0.5) is 0 Å². The summed E-state index contributed by atoms with van der Waals surface area (Å²) in [5.41, 5.74) is 3.11. The number of hydrogen-bond acceptors (Lipinski definition) is 7. The second kappa shape index (κ2) is 17.6. The Morgan fingerprint density at radius 1 is 0.878 bits per heavy atom. The molecule has 0 aliphatic carbocycles. The maximum Gasteiger partial charge on any atom is 0.255 e. The lowest BCUT2D eigenvalue weighted by molar-refractivity contribution is -0.131. The molecule has 0 saturated carbocycles. The van der Waals surface area contributed by atoms with Crippen LogP contribution in [0.25, 0.3) is 0 Å². The Labute approximate surface area is 288 Å². The summed E-state index contributed by atoms with van der Waals surface area (Å²) in [6, 6.07) is 21.6. The summed E-state index contributed by atoms with van der Waals surface area (Å²) in [5, 5.41) is 11.6. The summed E-state index contributed by atoms with van der Waals surface area (Å²) in [7, 11) is 0. The fraction of sp³-hybridized carbons (Fsp3) is 0.421. The third kappa shape index (κ3) is 10.9. The van der Waals surface area contributed by atoms with Gasteiger partial charge in [-0.3, -0.25) is 24.1 Å². The third-order valence-electron chi connectivity index (χ3n) is 8.59. The van der Waals surface area contributed by atoms with Crippen LogP contribution < -0.4 is 26.0 Å². The summed E-state index contributed by atoms with van der Waals surface area (Å²) >= 11 is 0. The second-order valence-corrected chi connectivity index (χ2v) is 13.1. The van der Waals surface area contributed by atoms with Crippen LogP contribution in [-0.4, -0.2) is 79.6 Å². The Kier molecular flexibility index (Phi) is 12.8. The topological polar surface area (TPSA) is 138 Å². The highest BCUT2D eigenvalue weighted by molar-refractivity contribution is 6.01. The van der Waals surface area contributed by atoms with E-state index in [0.29, 0.717) is 25.4 Å². The van der Waals surface area contributed by atoms with Gasteiger partial charge in [0.05, 0.1) is 31.2 Å². The molecule has 2 aliphatic heterocycles. The SMILES string of the molecule is CC(C)C[C@@H]1COc2ccccc2C(=O)N[C@H](C(=O)NCc2cccc(CN3CCOCC3)c2)CC(=O)N[C@H](Cc2ccccc2)C(=O)N1. The van der Waals surface area contributed by atoms with E-state index in [1.807, 2.05) is 48.5 Å². The number of amides is 4. The minimum Gasteiger partial charge on any atom is -0.491 e. The van der Waals surface area contributed by atoms with Crippen molar-refractivity contribution < 1.29 is 28.7 Å². The first-order valence-electron chi connectivity index (χ1n) is 17.1. The van der Waals surface area contributed by atoms with Crippen molar-refractivity contribution >= 4 is 23.6 Å². The number of fused-ring (bicyclic) bond motifs is 1. The molecule has 1 fully saturated rings. The number of carbonyl (C=O) groups excluding carboxylic acids is 4. The molecule has 0 unspecified atom stereocenters. The fourth-order valence-electron chi connectivity index (χ4n) is 6.12. The molecule has 11 nitrogen and oxygen atoms in total. The number of ether oxygens (including phenoxy) is 2. The Hall–Kier alpha value is -4.74. The highest BCUT2D eigenvalue weighted by atomic mass is 16.5. The van der Waals surface area contributed by atoms with Gasteiger partial charge in [0.15, 0.2) is 0 Å². The molecule has 2 heterocycles. The molecule has 3 atom stereocenters. The molecule has 260 valence electrons. The molecule has 0 aromatic heterocycles. The van der Waals surface area contributed by atoms with E-state index in [4.69, 9.17) is 9.47 Å². The normalized spacial score (nSPS) is 21.0. The van der Waals surface area contributed by atoms with Gasteiger partial charge in [0, 0.05) is 32.6 Å². The van der Waals surface area contributed by atoms with Crippen LogP contribution in [-0.2, 0) is 38.6 Å². The van der Waals surface area contributed by atoms with Gasteiger partial charge >= 0.3 is 0 Å². The first-order valence-corrected chi connectivity index (χ1v) is 17.1. The molecule has 11 heteroatoms. The summed E-state index contributed by atoms with van der Waals surface area (Å²) in [6.45, 7) is 8.36. The number of nitrogens with zero attached hydrogens (tertiary/aromatic N) is 1. The van der Waals surface area contributed by atoms with Crippen LogP contribution in [0.3, 0.4) is 0 Å². The third-order valence-corrected chi connectivity index (χ3v) is 8.59. The van der Waals surface area contributed by atoms with Crippen LogP contribution in [0, 0.1) is 5.92 Å². The quantitative estimate of drug-likeness (QED) is 0.275. The minimum atomic E-state index is -1.21. The summed E-state index contributed by atoms with van der Waals surface area (Å²) in [5.74, 6) is -1.38. The maximum atomic E-state index is 13.7. The lowest BCUT2D eigenvalue weighted by Gasteiger charge is -2.27. The molecule has 1 saturated heterocycles. The first-order chi connectivity index (χ1) is 23.7. The smallest absolute Gasteiger partial charge is 0.255 e.